The van der Waals surface area contributed by atoms with Crippen LogP contribution in [0.25, 0.3) is 33.5 Å². The topological polar surface area (TPSA) is 60.9 Å². The number of aromatic amines is 1. The average molecular weight is 525 g/mol. The van der Waals surface area contributed by atoms with Crippen molar-refractivity contribution in [1.82, 2.24) is 30.0 Å². The minimum Gasteiger partial charge on any atom is -0.301 e. The number of halogens is 3. The van der Waals surface area contributed by atoms with Gasteiger partial charge in [-0.3, -0.25) is 15.0 Å². The number of aryl methyl sites for hydroxylation is 1. The molecule has 0 radical (unpaired) electrons. The molecule has 4 aromatic rings. The molecule has 1 aliphatic rings. The Labute approximate surface area is 220 Å². The summed E-state index contributed by atoms with van der Waals surface area (Å²) in [7, 11) is 0. The largest absolute Gasteiger partial charge is 0.301 e. The Balaban J connectivity index is 1.29. The number of hydrogen-bond donors (Lipinski definition) is 1. The van der Waals surface area contributed by atoms with E-state index in [1.165, 1.54) is 6.07 Å². The van der Waals surface area contributed by atoms with Crippen molar-refractivity contribution in [2.45, 2.75) is 39.2 Å². The second-order valence-electron chi connectivity index (χ2n) is 10.6. The van der Waals surface area contributed by atoms with Gasteiger partial charge >= 0.3 is 0 Å². The van der Waals surface area contributed by atoms with Crippen LogP contribution >= 0.6 is 11.6 Å². The summed E-state index contributed by atoms with van der Waals surface area (Å²) < 4.78 is 28.2. The third kappa shape index (κ3) is 5.66. The lowest BCUT2D eigenvalue weighted by molar-refractivity contribution is 0.0619. The Morgan fingerprint density at radius 1 is 0.946 bits per heavy atom. The molecule has 1 aromatic carbocycles. The molecule has 3 aromatic heterocycles. The van der Waals surface area contributed by atoms with Crippen LogP contribution in [0.5, 0.6) is 0 Å². The first-order chi connectivity index (χ1) is 17.7. The van der Waals surface area contributed by atoms with Crippen LogP contribution in [-0.4, -0.2) is 68.2 Å². The summed E-state index contributed by atoms with van der Waals surface area (Å²) in [6, 6.07) is 7.81. The third-order valence-corrected chi connectivity index (χ3v) is 7.34. The summed E-state index contributed by atoms with van der Waals surface area (Å²) in [6.07, 6.45) is 5.47. The fourth-order valence-corrected chi connectivity index (χ4v) is 5.05. The van der Waals surface area contributed by atoms with Gasteiger partial charge in [-0.2, -0.15) is 5.10 Å². The molecule has 0 atom stereocenters. The number of aromatic nitrogens is 4. The molecular weight excluding hydrogens is 494 g/mol. The molecule has 1 N–H and O–H groups in total. The van der Waals surface area contributed by atoms with E-state index in [0.717, 1.165) is 68.2 Å². The summed E-state index contributed by atoms with van der Waals surface area (Å²) in [6.45, 7) is 12.3. The van der Waals surface area contributed by atoms with Crippen molar-refractivity contribution < 1.29 is 8.78 Å². The monoisotopic (exact) mass is 524 g/mol. The van der Waals surface area contributed by atoms with Gasteiger partial charge in [0.1, 0.15) is 11.6 Å². The van der Waals surface area contributed by atoms with Gasteiger partial charge < -0.3 is 4.90 Å². The van der Waals surface area contributed by atoms with E-state index >= 15 is 0 Å². The lowest BCUT2D eigenvalue weighted by atomic mass is 10.0. The van der Waals surface area contributed by atoms with Crippen LogP contribution in [0.3, 0.4) is 0 Å². The van der Waals surface area contributed by atoms with Gasteiger partial charge in [0.15, 0.2) is 0 Å². The van der Waals surface area contributed by atoms with Gasteiger partial charge in [-0.1, -0.05) is 11.6 Å². The Morgan fingerprint density at radius 3 is 2.49 bits per heavy atom. The van der Waals surface area contributed by atoms with Gasteiger partial charge in [0, 0.05) is 55.1 Å². The number of benzene rings is 1. The maximum Gasteiger partial charge on any atom is 0.144 e. The number of hydrogen-bond acceptors (Lipinski definition) is 5. The summed E-state index contributed by atoms with van der Waals surface area (Å²) in [4.78, 5) is 14.5. The minimum atomic E-state index is -0.807. The van der Waals surface area contributed by atoms with Gasteiger partial charge in [0.05, 0.1) is 33.6 Å². The summed E-state index contributed by atoms with van der Waals surface area (Å²) >= 11 is 5.91. The average Bonchev–Trinajstić information content (AvgIpc) is 3.35. The summed E-state index contributed by atoms with van der Waals surface area (Å²) in [5, 5.41) is 6.72. The van der Waals surface area contributed by atoms with E-state index in [9.17, 15) is 8.78 Å². The molecule has 1 saturated heterocycles. The Kier molecular flexibility index (Phi) is 7.25. The van der Waals surface area contributed by atoms with Crippen molar-refractivity contribution in [3.8, 4) is 22.5 Å². The summed E-state index contributed by atoms with van der Waals surface area (Å²) in [5.74, 6) is -1.53. The number of H-pyrrole nitrogens is 1. The van der Waals surface area contributed by atoms with E-state index in [2.05, 4.69) is 51.8 Å². The molecule has 5 rings (SSSR count). The van der Waals surface area contributed by atoms with Crippen LogP contribution in [0.15, 0.2) is 42.7 Å². The zero-order valence-electron chi connectivity index (χ0n) is 21.4. The van der Waals surface area contributed by atoms with Gasteiger partial charge in [-0.05, 0) is 70.0 Å². The fraction of sp³-hybridized carbons (Fsp3) is 0.393. The molecule has 1 fully saturated rings. The lowest BCUT2D eigenvalue weighted by Crippen LogP contribution is -2.53. The molecule has 37 heavy (non-hydrogen) atoms. The normalized spacial score (nSPS) is 15.5. The number of piperazine rings is 1. The van der Waals surface area contributed by atoms with E-state index in [1.807, 2.05) is 18.3 Å². The van der Waals surface area contributed by atoms with Gasteiger partial charge in [0.25, 0.3) is 0 Å². The SMILES string of the molecule is CC(C)(C)N1CCN(CCCc2cnc3ccc(-c4cn[nH]c4-c4cc(Cl)c(F)cc4F)nc3c2)CC1. The molecule has 0 amide bonds. The van der Waals surface area contributed by atoms with Crippen molar-refractivity contribution in [2.24, 2.45) is 0 Å². The van der Waals surface area contributed by atoms with Crippen LogP contribution in [0, 0.1) is 11.6 Å². The maximum atomic E-state index is 14.5. The van der Waals surface area contributed by atoms with Gasteiger partial charge in [-0.15, -0.1) is 0 Å². The molecule has 0 spiro atoms. The van der Waals surface area contributed by atoms with Crippen molar-refractivity contribution in [3.63, 3.8) is 0 Å². The molecule has 9 heteroatoms. The van der Waals surface area contributed by atoms with Crippen LogP contribution in [0.4, 0.5) is 8.78 Å². The first-order valence-corrected chi connectivity index (χ1v) is 13.0. The predicted molar refractivity (Wildman–Crippen MR) is 144 cm³/mol. The number of fused-ring (bicyclic) bond motifs is 1. The zero-order chi connectivity index (χ0) is 26.2. The fourth-order valence-electron chi connectivity index (χ4n) is 4.88. The van der Waals surface area contributed by atoms with Crippen molar-refractivity contribution in [3.05, 3.63) is 64.9 Å². The molecule has 0 saturated carbocycles. The Bertz CT molecular complexity index is 1410. The number of nitrogens with one attached hydrogen (secondary N) is 1. The van der Waals surface area contributed by atoms with E-state index in [1.54, 1.807) is 6.20 Å². The highest BCUT2D eigenvalue weighted by molar-refractivity contribution is 6.31. The second kappa shape index (κ2) is 10.4. The van der Waals surface area contributed by atoms with Crippen molar-refractivity contribution in [1.29, 1.82) is 0 Å². The second-order valence-corrected chi connectivity index (χ2v) is 11.0. The highest BCUT2D eigenvalue weighted by Gasteiger charge is 2.25. The molecule has 194 valence electrons. The smallest absolute Gasteiger partial charge is 0.144 e. The van der Waals surface area contributed by atoms with E-state index < -0.39 is 11.6 Å². The highest BCUT2D eigenvalue weighted by atomic mass is 35.5. The van der Waals surface area contributed by atoms with Crippen LogP contribution in [-0.2, 0) is 6.42 Å². The minimum absolute atomic E-state index is 0.135. The number of rotatable bonds is 6. The highest BCUT2D eigenvalue weighted by Crippen LogP contribution is 2.34. The quantitative estimate of drug-likeness (QED) is 0.315. The number of nitrogens with zero attached hydrogens (tertiary/aromatic N) is 5. The van der Waals surface area contributed by atoms with E-state index in [0.29, 0.717) is 17.0 Å². The van der Waals surface area contributed by atoms with Crippen LogP contribution < -0.4 is 0 Å². The van der Waals surface area contributed by atoms with E-state index in [-0.39, 0.29) is 16.1 Å². The third-order valence-electron chi connectivity index (χ3n) is 7.05. The van der Waals surface area contributed by atoms with E-state index in [4.69, 9.17) is 16.6 Å². The standard InChI is InChI=1S/C28H31ClF2N6/c1-28(2,3)37-11-9-36(10-12-37)8-4-5-18-13-26-25(32-16-18)7-6-24(34-26)20-17-33-35-27(20)19-14-21(29)23(31)15-22(19)30/h6-7,13-17H,4-5,8-12H2,1-3H3,(H,33,35). The predicted octanol–water partition coefficient (Wildman–Crippen LogP) is 5.97. The molecule has 1 aliphatic heterocycles. The maximum absolute atomic E-state index is 14.5. The first-order valence-electron chi connectivity index (χ1n) is 12.6. The molecule has 4 heterocycles. The molecule has 6 nitrogen and oxygen atoms in total. The van der Waals surface area contributed by atoms with Crippen molar-refractivity contribution in [2.75, 3.05) is 32.7 Å². The summed E-state index contributed by atoms with van der Waals surface area (Å²) in [5.41, 5.74) is 4.65. The Hall–Kier alpha value is -2.94. The number of pyridine rings is 2. The van der Waals surface area contributed by atoms with Crippen molar-refractivity contribution >= 4 is 22.6 Å². The van der Waals surface area contributed by atoms with Gasteiger partial charge in [0.2, 0.25) is 0 Å². The van der Waals surface area contributed by atoms with Crippen LogP contribution in [0.1, 0.15) is 32.8 Å². The van der Waals surface area contributed by atoms with Gasteiger partial charge in [-0.25, -0.2) is 13.8 Å². The zero-order valence-corrected chi connectivity index (χ0v) is 22.1. The van der Waals surface area contributed by atoms with Crippen LogP contribution in [0.2, 0.25) is 5.02 Å². The Morgan fingerprint density at radius 2 is 1.73 bits per heavy atom. The lowest BCUT2D eigenvalue weighted by Gasteiger charge is -2.42. The molecule has 0 aliphatic carbocycles. The first kappa shape index (κ1) is 25.7. The molecule has 0 unspecified atom stereocenters. The molecular formula is C28H31ClF2N6. The molecule has 0 bridgehead atoms.